The fourth-order valence-electron chi connectivity index (χ4n) is 2.63. The molecule has 2 heteroatoms. The van der Waals surface area contributed by atoms with Gasteiger partial charge in [0.05, 0.1) is 13.2 Å². The molecule has 0 bridgehead atoms. The van der Waals surface area contributed by atoms with E-state index in [2.05, 4.69) is 0 Å². The van der Waals surface area contributed by atoms with Crippen LogP contribution in [0.25, 0.3) is 0 Å². The number of ether oxygens (including phenoxy) is 1. The van der Waals surface area contributed by atoms with Crippen LogP contribution in [-0.4, -0.2) is 12.2 Å². The van der Waals surface area contributed by atoms with E-state index < -0.39 is 0 Å². The van der Waals surface area contributed by atoms with E-state index in [1.54, 1.807) is 7.11 Å². The van der Waals surface area contributed by atoms with Crippen LogP contribution in [0.1, 0.15) is 42.9 Å². The second-order valence-electron chi connectivity index (χ2n) is 4.71. The maximum absolute atomic E-state index is 10.3. The highest BCUT2D eigenvalue weighted by atomic mass is 16.5. The molecule has 0 radical (unpaired) electrons. The standard InChI is InChI=1S/C14H20O2/c1-10-9-12(16-2)7-8-13(10)14(15)11-5-3-4-6-11/h7-9,11,14-15H,3-6H2,1-2H3. The molecule has 16 heavy (non-hydrogen) atoms. The quantitative estimate of drug-likeness (QED) is 0.847. The first-order valence-electron chi connectivity index (χ1n) is 6.05. The van der Waals surface area contributed by atoms with Crippen LogP contribution in [0.4, 0.5) is 0 Å². The smallest absolute Gasteiger partial charge is 0.119 e. The minimum Gasteiger partial charge on any atom is -0.497 e. The van der Waals surface area contributed by atoms with Crippen LogP contribution in [-0.2, 0) is 0 Å². The Bertz CT molecular complexity index is 354. The monoisotopic (exact) mass is 220 g/mol. The third kappa shape index (κ3) is 2.22. The molecule has 1 aliphatic carbocycles. The zero-order chi connectivity index (χ0) is 11.5. The van der Waals surface area contributed by atoms with E-state index in [4.69, 9.17) is 4.74 Å². The summed E-state index contributed by atoms with van der Waals surface area (Å²) in [5.74, 6) is 1.31. The minimum absolute atomic E-state index is 0.298. The van der Waals surface area contributed by atoms with Gasteiger partial charge in [-0.25, -0.2) is 0 Å². The maximum Gasteiger partial charge on any atom is 0.119 e. The topological polar surface area (TPSA) is 29.5 Å². The Morgan fingerprint density at radius 1 is 1.31 bits per heavy atom. The Kier molecular flexibility index (Phi) is 3.49. The van der Waals surface area contributed by atoms with Gasteiger partial charge in [-0.3, -0.25) is 0 Å². The van der Waals surface area contributed by atoms with Gasteiger partial charge in [-0.05, 0) is 48.9 Å². The fourth-order valence-corrected chi connectivity index (χ4v) is 2.63. The molecular formula is C14H20O2. The maximum atomic E-state index is 10.3. The number of hydrogen-bond donors (Lipinski definition) is 1. The number of hydrogen-bond acceptors (Lipinski definition) is 2. The molecule has 0 heterocycles. The Morgan fingerprint density at radius 3 is 2.56 bits per heavy atom. The molecule has 1 aliphatic rings. The van der Waals surface area contributed by atoms with Gasteiger partial charge in [0, 0.05) is 0 Å². The molecule has 1 atom stereocenters. The summed E-state index contributed by atoms with van der Waals surface area (Å²) < 4.78 is 5.17. The number of rotatable bonds is 3. The predicted molar refractivity (Wildman–Crippen MR) is 64.6 cm³/mol. The van der Waals surface area contributed by atoms with E-state index in [-0.39, 0.29) is 6.10 Å². The fraction of sp³-hybridized carbons (Fsp3) is 0.571. The van der Waals surface area contributed by atoms with Gasteiger partial charge in [-0.2, -0.15) is 0 Å². The molecule has 0 spiro atoms. The number of aliphatic hydroxyl groups is 1. The highest BCUT2D eigenvalue weighted by Gasteiger charge is 2.25. The van der Waals surface area contributed by atoms with Crippen LogP contribution in [0, 0.1) is 12.8 Å². The summed E-state index contributed by atoms with van der Waals surface area (Å²) in [7, 11) is 1.67. The molecule has 1 saturated carbocycles. The van der Waals surface area contributed by atoms with Crippen molar-refractivity contribution >= 4 is 0 Å². The van der Waals surface area contributed by atoms with Crippen molar-refractivity contribution < 1.29 is 9.84 Å². The predicted octanol–water partition coefficient (Wildman–Crippen LogP) is 3.23. The number of aryl methyl sites for hydroxylation is 1. The van der Waals surface area contributed by atoms with Gasteiger partial charge in [0.25, 0.3) is 0 Å². The molecule has 2 nitrogen and oxygen atoms in total. The van der Waals surface area contributed by atoms with Crippen LogP contribution in [0.3, 0.4) is 0 Å². The van der Waals surface area contributed by atoms with Crippen molar-refractivity contribution in [3.05, 3.63) is 29.3 Å². The van der Waals surface area contributed by atoms with Gasteiger partial charge in [-0.1, -0.05) is 18.9 Å². The van der Waals surface area contributed by atoms with Crippen LogP contribution in [0.5, 0.6) is 5.75 Å². The van der Waals surface area contributed by atoms with Gasteiger partial charge in [0.2, 0.25) is 0 Å². The van der Waals surface area contributed by atoms with Crippen LogP contribution in [0.15, 0.2) is 18.2 Å². The van der Waals surface area contributed by atoms with Crippen molar-refractivity contribution in [1.82, 2.24) is 0 Å². The van der Waals surface area contributed by atoms with Crippen molar-refractivity contribution in [2.24, 2.45) is 5.92 Å². The highest BCUT2D eigenvalue weighted by molar-refractivity contribution is 5.36. The molecule has 2 rings (SSSR count). The highest BCUT2D eigenvalue weighted by Crippen LogP contribution is 2.37. The van der Waals surface area contributed by atoms with Crippen molar-refractivity contribution in [2.75, 3.05) is 7.11 Å². The zero-order valence-corrected chi connectivity index (χ0v) is 10.1. The summed E-state index contributed by atoms with van der Waals surface area (Å²) in [5, 5.41) is 10.3. The molecule has 1 N–H and O–H groups in total. The van der Waals surface area contributed by atoms with Gasteiger partial charge < -0.3 is 9.84 Å². The first kappa shape index (κ1) is 11.5. The Morgan fingerprint density at radius 2 is 2.00 bits per heavy atom. The van der Waals surface area contributed by atoms with Crippen molar-refractivity contribution in [3.63, 3.8) is 0 Å². The van der Waals surface area contributed by atoms with Gasteiger partial charge in [0.1, 0.15) is 5.75 Å². The summed E-state index contributed by atoms with van der Waals surface area (Å²) in [5.41, 5.74) is 2.19. The molecule has 1 fully saturated rings. The van der Waals surface area contributed by atoms with Gasteiger partial charge in [0.15, 0.2) is 0 Å². The average molecular weight is 220 g/mol. The van der Waals surface area contributed by atoms with E-state index in [1.807, 2.05) is 25.1 Å². The lowest BCUT2D eigenvalue weighted by molar-refractivity contribution is 0.111. The average Bonchev–Trinajstić information content (AvgIpc) is 2.81. The molecular weight excluding hydrogens is 200 g/mol. The van der Waals surface area contributed by atoms with E-state index in [0.717, 1.165) is 29.7 Å². The van der Waals surface area contributed by atoms with Gasteiger partial charge in [-0.15, -0.1) is 0 Å². The van der Waals surface area contributed by atoms with Crippen molar-refractivity contribution in [2.45, 2.75) is 38.7 Å². The largest absolute Gasteiger partial charge is 0.497 e. The summed E-state index contributed by atoms with van der Waals surface area (Å²) in [4.78, 5) is 0. The van der Waals surface area contributed by atoms with E-state index >= 15 is 0 Å². The second-order valence-corrected chi connectivity index (χ2v) is 4.71. The second kappa shape index (κ2) is 4.88. The molecule has 1 aromatic rings. The lowest BCUT2D eigenvalue weighted by Crippen LogP contribution is -2.10. The van der Waals surface area contributed by atoms with Crippen molar-refractivity contribution in [3.8, 4) is 5.75 Å². The summed E-state index contributed by atoms with van der Waals surface area (Å²) in [6, 6.07) is 5.92. The summed E-state index contributed by atoms with van der Waals surface area (Å²) >= 11 is 0. The van der Waals surface area contributed by atoms with Crippen LogP contribution < -0.4 is 4.74 Å². The van der Waals surface area contributed by atoms with E-state index in [1.165, 1.54) is 12.8 Å². The third-order valence-corrected chi connectivity index (χ3v) is 3.64. The summed E-state index contributed by atoms with van der Waals surface area (Å²) in [6.45, 7) is 2.04. The number of methoxy groups -OCH3 is 1. The van der Waals surface area contributed by atoms with Crippen LogP contribution >= 0.6 is 0 Å². The molecule has 0 amide bonds. The SMILES string of the molecule is COc1ccc(C(O)C2CCCC2)c(C)c1. The van der Waals surface area contributed by atoms with E-state index in [0.29, 0.717) is 5.92 Å². The molecule has 0 aromatic heterocycles. The van der Waals surface area contributed by atoms with Crippen LogP contribution in [0.2, 0.25) is 0 Å². The first-order chi connectivity index (χ1) is 7.72. The molecule has 1 aromatic carbocycles. The van der Waals surface area contributed by atoms with Gasteiger partial charge >= 0.3 is 0 Å². The lowest BCUT2D eigenvalue weighted by atomic mass is 9.91. The van der Waals surface area contributed by atoms with E-state index in [9.17, 15) is 5.11 Å². The third-order valence-electron chi connectivity index (χ3n) is 3.64. The Hall–Kier alpha value is -1.02. The Labute approximate surface area is 97.3 Å². The zero-order valence-electron chi connectivity index (χ0n) is 10.1. The minimum atomic E-state index is -0.298. The number of aliphatic hydroxyl groups excluding tert-OH is 1. The Balaban J connectivity index is 2.19. The molecule has 0 aliphatic heterocycles. The van der Waals surface area contributed by atoms with Crippen molar-refractivity contribution in [1.29, 1.82) is 0 Å². The molecule has 1 unspecified atom stereocenters. The summed E-state index contributed by atoms with van der Waals surface area (Å²) in [6.07, 6.45) is 4.54. The molecule has 0 saturated heterocycles. The normalized spacial score (nSPS) is 18.7. The first-order valence-corrected chi connectivity index (χ1v) is 6.05. The lowest BCUT2D eigenvalue weighted by Gasteiger charge is -2.20. The molecule has 88 valence electrons. The number of benzene rings is 1.